The summed E-state index contributed by atoms with van der Waals surface area (Å²) in [5.74, 6) is 0.996. The van der Waals surface area contributed by atoms with Gasteiger partial charge in [0.05, 0.1) is 41.2 Å². The number of hydrogen-bond acceptors (Lipinski definition) is 7. The van der Waals surface area contributed by atoms with Crippen molar-refractivity contribution in [1.29, 1.82) is 0 Å². The third kappa shape index (κ3) is 3.82. The van der Waals surface area contributed by atoms with Crippen molar-refractivity contribution in [1.82, 2.24) is 4.90 Å². The van der Waals surface area contributed by atoms with Crippen LogP contribution in [0.3, 0.4) is 0 Å². The number of nitrogens with zero attached hydrogens (tertiary/aromatic N) is 2. The molecule has 0 spiro atoms. The van der Waals surface area contributed by atoms with Crippen LogP contribution in [0.25, 0.3) is 0 Å². The molecule has 0 bridgehead atoms. The van der Waals surface area contributed by atoms with Gasteiger partial charge < -0.3 is 19.1 Å². The fourth-order valence-corrected chi connectivity index (χ4v) is 4.74. The highest BCUT2D eigenvalue weighted by atomic mass is 127. The molecule has 0 saturated heterocycles. The van der Waals surface area contributed by atoms with Crippen molar-refractivity contribution in [2.75, 3.05) is 20.3 Å². The van der Waals surface area contributed by atoms with E-state index in [-0.39, 0.29) is 12.0 Å². The minimum Gasteiger partial charge on any atom is -0.492 e. The Bertz CT molecular complexity index is 850. The number of allylic oxidation sites excluding steroid dienone is 1. The van der Waals surface area contributed by atoms with Crippen LogP contribution in [0.4, 0.5) is 0 Å². The first kappa shape index (κ1) is 20.1. The van der Waals surface area contributed by atoms with Gasteiger partial charge in [0.25, 0.3) is 0 Å². The fourth-order valence-electron chi connectivity index (χ4n) is 3.10. The molecule has 0 saturated carbocycles. The summed E-state index contributed by atoms with van der Waals surface area (Å²) in [4.78, 5) is 19.3. The van der Waals surface area contributed by atoms with Crippen LogP contribution in [0.2, 0.25) is 0 Å². The zero-order chi connectivity index (χ0) is 19.6. The van der Waals surface area contributed by atoms with Crippen LogP contribution in [0.1, 0.15) is 32.4 Å². The summed E-state index contributed by atoms with van der Waals surface area (Å²) in [5, 5.41) is 2.81. The maximum Gasteiger partial charge on any atom is 0.338 e. The first-order chi connectivity index (χ1) is 13.0. The van der Waals surface area contributed by atoms with Gasteiger partial charge in [-0.2, -0.15) is 0 Å². The van der Waals surface area contributed by atoms with Crippen LogP contribution in [-0.4, -0.2) is 36.4 Å². The normalized spacial score (nSPS) is 18.3. The van der Waals surface area contributed by atoms with Gasteiger partial charge in [-0.05, 0) is 66.5 Å². The first-order valence-electron chi connectivity index (χ1n) is 8.60. The maximum atomic E-state index is 12.7. The van der Waals surface area contributed by atoms with Crippen molar-refractivity contribution in [3.8, 4) is 11.5 Å². The van der Waals surface area contributed by atoms with Crippen molar-refractivity contribution < 1.29 is 19.0 Å². The average Bonchev–Trinajstić information content (AvgIpc) is 3.08. The molecular weight excluding hydrogens is 479 g/mol. The molecule has 0 aromatic heterocycles. The Balaban J connectivity index is 2.15. The summed E-state index contributed by atoms with van der Waals surface area (Å²) in [6.45, 7) is 6.41. The Morgan fingerprint density at radius 2 is 2.11 bits per heavy atom. The molecule has 0 N–H and O–H groups in total. The van der Waals surface area contributed by atoms with E-state index in [0.717, 1.165) is 14.3 Å². The number of carbonyl (C=O) groups is 1. The Hall–Kier alpha value is -1.68. The highest BCUT2D eigenvalue weighted by Gasteiger charge is 2.38. The lowest BCUT2D eigenvalue weighted by atomic mass is 9.94. The summed E-state index contributed by atoms with van der Waals surface area (Å²) >= 11 is 3.76. The summed E-state index contributed by atoms with van der Waals surface area (Å²) < 4.78 is 17.5. The first-order valence-corrected chi connectivity index (χ1v) is 10.6. The summed E-state index contributed by atoms with van der Waals surface area (Å²) in [5.41, 5.74) is 2.13. The molecule has 27 heavy (non-hydrogen) atoms. The minimum absolute atomic E-state index is 0.313. The second-order valence-corrected chi connectivity index (χ2v) is 7.83. The number of ether oxygens (including phenoxy) is 3. The van der Waals surface area contributed by atoms with Crippen LogP contribution in [-0.2, 0) is 9.53 Å². The van der Waals surface area contributed by atoms with Gasteiger partial charge in [0.15, 0.2) is 16.7 Å². The highest BCUT2D eigenvalue weighted by Crippen LogP contribution is 2.44. The van der Waals surface area contributed by atoms with Gasteiger partial charge in [-0.3, -0.25) is 0 Å². The molecule has 2 aliphatic rings. The molecule has 8 heteroatoms. The van der Waals surface area contributed by atoms with Gasteiger partial charge >= 0.3 is 5.97 Å². The van der Waals surface area contributed by atoms with E-state index in [9.17, 15) is 4.79 Å². The number of carbonyl (C=O) groups excluding carboxylic acids is 1. The molecule has 2 heterocycles. The van der Waals surface area contributed by atoms with Gasteiger partial charge in [0, 0.05) is 6.20 Å². The lowest BCUT2D eigenvalue weighted by Crippen LogP contribution is -2.34. The third-order valence-corrected chi connectivity index (χ3v) is 5.74. The largest absolute Gasteiger partial charge is 0.492 e. The van der Waals surface area contributed by atoms with Crippen LogP contribution in [0.5, 0.6) is 11.5 Å². The van der Waals surface area contributed by atoms with Gasteiger partial charge in [0.2, 0.25) is 0 Å². The van der Waals surface area contributed by atoms with Crippen LogP contribution in [0, 0.1) is 3.57 Å². The molecule has 0 unspecified atom stereocenters. The topological polar surface area (TPSA) is 60.4 Å². The lowest BCUT2D eigenvalue weighted by Gasteiger charge is -2.33. The SMILES string of the molecule is CCOC(=O)C1=C(C)N=C2SC=CN2[C@H]1c1cc(I)c(OC)c(OCC)c1. The summed E-state index contributed by atoms with van der Waals surface area (Å²) in [6, 6.07) is 3.61. The molecule has 0 fully saturated rings. The number of aliphatic imine (C=N–C) groups is 1. The molecule has 1 aromatic rings. The van der Waals surface area contributed by atoms with E-state index < -0.39 is 0 Å². The quantitative estimate of drug-likeness (QED) is 0.425. The molecule has 6 nitrogen and oxygen atoms in total. The van der Waals surface area contributed by atoms with Gasteiger partial charge in [0.1, 0.15) is 0 Å². The highest BCUT2D eigenvalue weighted by molar-refractivity contribution is 14.1. The average molecular weight is 500 g/mol. The van der Waals surface area contributed by atoms with Crippen LogP contribution in [0.15, 0.2) is 40.0 Å². The zero-order valence-electron chi connectivity index (χ0n) is 15.6. The number of thioether (sulfide) groups is 1. The Labute approximate surface area is 176 Å². The van der Waals surface area contributed by atoms with E-state index in [0.29, 0.717) is 36.0 Å². The number of fused-ring (bicyclic) bond motifs is 1. The number of esters is 1. The third-order valence-electron chi connectivity index (χ3n) is 4.17. The smallest absolute Gasteiger partial charge is 0.338 e. The maximum absolute atomic E-state index is 12.7. The molecule has 0 aliphatic carbocycles. The summed E-state index contributed by atoms with van der Waals surface area (Å²) in [6.07, 6.45) is 1.94. The molecule has 2 aliphatic heterocycles. The van der Waals surface area contributed by atoms with Crippen LogP contribution >= 0.6 is 34.4 Å². The Morgan fingerprint density at radius 3 is 2.78 bits per heavy atom. The fraction of sp³-hybridized carbons (Fsp3) is 0.368. The monoisotopic (exact) mass is 500 g/mol. The van der Waals surface area contributed by atoms with E-state index in [1.54, 1.807) is 14.0 Å². The number of methoxy groups -OCH3 is 1. The van der Waals surface area contributed by atoms with E-state index in [2.05, 4.69) is 27.6 Å². The predicted molar refractivity (Wildman–Crippen MR) is 115 cm³/mol. The Kier molecular flexibility index (Phi) is 6.36. The molecule has 1 aromatic carbocycles. The second kappa shape index (κ2) is 8.55. The molecule has 0 radical (unpaired) electrons. The van der Waals surface area contributed by atoms with Gasteiger partial charge in [-0.15, -0.1) is 0 Å². The molecule has 1 atom stereocenters. The van der Waals surface area contributed by atoms with Crippen molar-refractivity contribution in [3.05, 3.63) is 44.1 Å². The van der Waals surface area contributed by atoms with E-state index in [1.165, 1.54) is 11.8 Å². The van der Waals surface area contributed by atoms with E-state index >= 15 is 0 Å². The predicted octanol–water partition coefficient (Wildman–Crippen LogP) is 4.47. The molecule has 0 amide bonds. The van der Waals surface area contributed by atoms with Crippen molar-refractivity contribution >= 4 is 45.5 Å². The van der Waals surface area contributed by atoms with Crippen molar-refractivity contribution in [2.45, 2.75) is 26.8 Å². The standard InChI is InChI=1S/C19H21IN2O4S/c1-5-25-14-10-12(9-13(20)17(14)24-4)16-15(18(23)26-6-2)11(3)21-19-22(16)7-8-27-19/h7-10,16H,5-6H2,1-4H3/t16-/m0/s1. The Morgan fingerprint density at radius 1 is 1.33 bits per heavy atom. The van der Waals surface area contributed by atoms with Crippen molar-refractivity contribution in [3.63, 3.8) is 0 Å². The number of hydrogen-bond donors (Lipinski definition) is 0. The lowest BCUT2D eigenvalue weighted by molar-refractivity contribution is -0.139. The van der Waals surface area contributed by atoms with E-state index in [1.807, 2.05) is 42.5 Å². The molecular formula is C19H21IN2O4S. The second-order valence-electron chi connectivity index (χ2n) is 5.79. The van der Waals surface area contributed by atoms with Crippen molar-refractivity contribution in [2.24, 2.45) is 4.99 Å². The minimum atomic E-state index is -0.350. The van der Waals surface area contributed by atoms with E-state index in [4.69, 9.17) is 14.2 Å². The van der Waals surface area contributed by atoms with Gasteiger partial charge in [-0.1, -0.05) is 11.8 Å². The number of halogens is 1. The number of benzene rings is 1. The van der Waals surface area contributed by atoms with Crippen LogP contribution < -0.4 is 9.47 Å². The number of rotatable bonds is 6. The molecule has 3 rings (SSSR count). The number of amidine groups is 1. The molecule has 144 valence electrons. The summed E-state index contributed by atoms with van der Waals surface area (Å²) in [7, 11) is 1.62. The van der Waals surface area contributed by atoms with Gasteiger partial charge in [-0.25, -0.2) is 9.79 Å². The zero-order valence-corrected chi connectivity index (χ0v) is 18.6.